The Morgan fingerprint density at radius 1 is 1.31 bits per heavy atom. The van der Waals surface area contributed by atoms with Crippen molar-refractivity contribution in [1.82, 2.24) is 0 Å². The summed E-state index contributed by atoms with van der Waals surface area (Å²) in [4.78, 5) is 0. The molecule has 0 amide bonds. The van der Waals surface area contributed by atoms with Gasteiger partial charge < -0.3 is 26.6 Å². The van der Waals surface area contributed by atoms with Crippen LogP contribution in [0.3, 0.4) is 0 Å². The maximum Gasteiger partial charge on any atom is 0.530 e. The zero-order valence-corrected chi connectivity index (χ0v) is 6.81. The second-order valence-corrected chi connectivity index (χ2v) is 2.29. The van der Waals surface area contributed by atoms with E-state index in [9.17, 15) is 10.4 Å². The number of rotatable bonds is 1. The van der Waals surface area contributed by atoms with E-state index in [4.69, 9.17) is 16.6 Å². The largest absolute Gasteiger partial charge is 0.675 e. The Labute approximate surface area is 73.2 Å². The molecule has 0 saturated heterocycles. The predicted molar refractivity (Wildman–Crippen MR) is 44.4 cm³/mol. The van der Waals surface area contributed by atoms with Gasteiger partial charge in [-0.15, -0.1) is 9.46 Å². The average Bonchev–Trinajstić information content (AvgIpc) is 2.13. The van der Waals surface area contributed by atoms with Gasteiger partial charge in [0.15, 0.2) is 0 Å². The molecule has 0 bridgehead atoms. The van der Waals surface area contributed by atoms with E-state index >= 15 is 0 Å². The Balaban J connectivity index is 3.56. The van der Waals surface area contributed by atoms with Crippen LogP contribution in [0.5, 0.6) is 6.01 Å². The summed E-state index contributed by atoms with van der Waals surface area (Å²) in [5.74, 6) is -0.587. The molecular weight excluding hydrogens is 178 g/mol. The molecule has 72 valence electrons. The monoisotopic (exact) mass is 187 g/mol. The maximum atomic E-state index is 11.0. The van der Waals surface area contributed by atoms with Gasteiger partial charge in [0.2, 0.25) is 5.69 Å². The van der Waals surface area contributed by atoms with Crippen molar-refractivity contribution in [2.45, 2.75) is 0 Å². The Morgan fingerprint density at radius 2 is 1.85 bits per heavy atom. The third-order valence-corrected chi connectivity index (χ3v) is 1.55. The molecule has 8 nitrogen and oxygen atoms in total. The molecule has 0 saturated carbocycles. The highest BCUT2D eigenvalue weighted by Crippen LogP contribution is 2.18. The van der Waals surface area contributed by atoms with Gasteiger partial charge in [0.05, 0.1) is 0 Å². The number of nitrogens with zero attached hydrogens (tertiary/aromatic N) is 2. The minimum atomic E-state index is -1.07. The zero-order valence-electron chi connectivity index (χ0n) is 6.81. The van der Waals surface area contributed by atoms with E-state index < -0.39 is 11.8 Å². The van der Waals surface area contributed by atoms with Crippen molar-refractivity contribution < 1.29 is 14.6 Å². The van der Waals surface area contributed by atoms with E-state index in [1.165, 1.54) is 7.05 Å². The van der Waals surface area contributed by atoms with Crippen molar-refractivity contribution in [1.29, 1.82) is 0 Å². The number of aromatic hydroxyl groups is 1. The molecule has 0 aromatic carbocycles. The van der Waals surface area contributed by atoms with Gasteiger partial charge in [0, 0.05) is 7.05 Å². The standard InChI is InChI=1S/C5H9N5O3/c1-8-4-2(6)3(7)9(12)5(11)10(4)13/h8,11H,6-7H2,1H3. The third-order valence-electron chi connectivity index (χ3n) is 1.55. The normalized spacial score (nSPS) is 9.92. The number of hydrogen-bond donors (Lipinski definition) is 4. The molecule has 0 fully saturated rings. The Bertz CT molecular complexity index is 324. The van der Waals surface area contributed by atoms with E-state index in [1.54, 1.807) is 0 Å². The first-order valence-corrected chi connectivity index (χ1v) is 3.31. The quantitative estimate of drug-likeness (QED) is 0.292. The molecule has 6 N–H and O–H groups in total. The van der Waals surface area contributed by atoms with E-state index in [2.05, 4.69) is 5.32 Å². The van der Waals surface area contributed by atoms with Crippen LogP contribution in [0.15, 0.2) is 0 Å². The molecule has 0 aliphatic rings. The van der Waals surface area contributed by atoms with Crippen molar-refractivity contribution in [3.05, 3.63) is 10.4 Å². The minimum Gasteiger partial charge on any atom is -0.675 e. The summed E-state index contributed by atoms with van der Waals surface area (Å²) < 4.78 is -0.193. The van der Waals surface area contributed by atoms with Crippen LogP contribution in [0, 0.1) is 10.4 Å². The summed E-state index contributed by atoms with van der Waals surface area (Å²) in [5, 5.41) is 33.3. The van der Waals surface area contributed by atoms with Gasteiger partial charge in [-0.1, -0.05) is 0 Å². The molecule has 1 aromatic rings. The van der Waals surface area contributed by atoms with Gasteiger partial charge in [-0.05, 0) is 0 Å². The third kappa shape index (κ3) is 1.08. The van der Waals surface area contributed by atoms with Crippen molar-refractivity contribution in [2.75, 3.05) is 23.8 Å². The Morgan fingerprint density at radius 3 is 2.31 bits per heavy atom. The van der Waals surface area contributed by atoms with Gasteiger partial charge >= 0.3 is 11.8 Å². The van der Waals surface area contributed by atoms with Crippen LogP contribution in [-0.4, -0.2) is 12.2 Å². The molecule has 8 heteroatoms. The van der Waals surface area contributed by atoms with Crippen LogP contribution in [0.4, 0.5) is 17.3 Å². The topological polar surface area (TPSA) is 138 Å². The number of aromatic nitrogens is 2. The summed E-state index contributed by atoms with van der Waals surface area (Å²) >= 11 is 0. The van der Waals surface area contributed by atoms with Crippen LogP contribution < -0.4 is 26.2 Å². The van der Waals surface area contributed by atoms with Crippen molar-refractivity contribution in [3.63, 3.8) is 0 Å². The highest BCUT2D eigenvalue weighted by molar-refractivity contribution is 5.68. The minimum absolute atomic E-state index is 0.0430. The molecular formula is C5H9N5O3. The van der Waals surface area contributed by atoms with E-state index in [-0.39, 0.29) is 21.0 Å². The fraction of sp³-hybridized carbons (Fsp3) is 0.200. The maximum absolute atomic E-state index is 11.0. The number of nitrogen functional groups attached to an aromatic ring is 2. The first kappa shape index (κ1) is 8.97. The van der Waals surface area contributed by atoms with Crippen LogP contribution in [0.2, 0.25) is 0 Å². The fourth-order valence-corrected chi connectivity index (χ4v) is 0.867. The highest BCUT2D eigenvalue weighted by atomic mass is 16.5. The number of anilines is 3. The fourth-order valence-electron chi connectivity index (χ4n) is 0.867. The van der Waals surface area contributed by atoms with E-state index in [0.29, 0.717) is 0 Å². The van der Waals surface area contributed by atoms with Crippen LogP contribution in [0.25, 0.3) is 0 Å². The summed E-state index contributed by atoms with van der Waals surface area (Å²) in [7, 11) is 1.41. The van der Waals surface area contributed by atoms with Crippen LogP contribution in [0.1, 0.15) is 0 Å². The second-order valence-electron chi connectivity index (χ2n) is 2.29. The SMILES string of the molecule is CNc1c(N)c(N)[n+]([O-])c(O)[n+]1[O-]. The molecule has 0 atom stereocenters. The number of nitrogens with one attached hydrogen (secondary N) is 1. The highest BCUT2D eigenvalue weighted by Gasteiger charge is 2.24. The summed E-state index contributed by atoms with van der Waals surface area (Å²) in [6.45, 7) is 0. The second kappa shape index (κ2) is 2.73. The lowest BCUT2D eigenvalue weighted by Gasteiger charge is -2.12. The molecule has 13 heavy (non-hydrogen) atoms. The van der Waals surface area contributed by atoms with Crippen LogP contribution in [-0.2, 0) is 0 Å². The number of hydrogen-bond acceptors (Lipinski definition) is 6. The molecule has 0 radical (unpaired) electrons. The summed E-state index contributed by atoms with van der Waals surface area (Å²) in [5.41, 5.74) is 10.3. The molecule has 1 rings (SSSR count). The smallest absolute Gasteiger partial charge is 0.530 e. The summed E-state index contributed by atoms with van der Waals surface area (Å²) in [6.07, 6.45) is 0. The number of nitrogens with two attached hydrogens (primary N) is 2. The van der Waals surface area contributed by atoms with Gasteiger partial charge in [-0.25, -0.2) is 0 Å². The van der Waals surface area contributed by atoms with E-state index in [1.807, 2.05) is 0 Å². The first-order valence-electron chi connectivity index (χ1n) is 3.31. The van der Waals surface area contributed by atoms with Crippen molar-refractivity contribution >= 4 is 17.3 Å². The van der Waals surface area contributed by atoms with Gasteiger partial charge in [-0.2, -0.15) is 0 Å². The van der Waals surface area contributed by atoms with E-state index in [0.717, 1.165) is 0 Å². The summed E-state index contributed by atoms with van der Waals surface area (Å²) in [6, 6.07) is -1.07. The Kier molecular flexibility index (Phi) is 1.89. The predicted octanol–water partition coefficient (Wildman–Crippen LogP) is -2.13. The Hall–Kier alpha value is -2.12. The van der Waals surface area contributed by atoms with Gasteiger partial charge in [-0.3, -0.25) is 5.73 Å². The first-order chi connectivity index (χ1) is 6.00. The molecule has 0 spiro atoms. The van der Waals surface area contributed by atoms with Gasteiger partial charge in [0.25, 0.3) is 5.82 Å². The van der Waals surface area contributed by atoms with Crippen LogP contribution >= 0.6 is 0 Å². The van der Waals surface area contributed by atoms with Gasteiger partial charge in [0.1, 0.15) is 0 Å². The lowest BCUT2D eigenvalue weighted by atomic mass is 10.4. The molecule has 1 heterocycles. The van der Waals surface area contributed by atoms with Crippen molar-refractivity contribution in [2.24, 2.45) is 0 Å². The lowest BCUT2D eigenvalue weighted by molar-refractivity contribution is -0.738. The van der Waals surface area contributed by atoms with Crippen molar-refractivity contribution in [3.8, 4) is 6.01 Å². The average molecular weight is 187 g/mol. The molecule has 0 unspecified atom stereocenters. The molecule has 0 aliphatic heterocycles. The zero-order chi connectivity index (χ0) is 10.2. The lowest BCUT2D eigenvalue weighted by Crippen LogP contribution is -2.45. The molecule has 0 aliphatic carbocycles. The molecule has 1 aromatic heterocycles.